The van der Waals surface area contributed by atoms with Crippen molar-refractivity contribution < 1.29 is 22.7 Å². The number of hydrogen-bond acceptors (Lipinski definition) is 6. The zero-order chi connectivity index (χ0) is 25.2. The molecule has 1 aromatic heterocycles. The van der Waals surface area contributed by atoms with Crippen LogP contribution in [0.5, 0.6) is 0 Å². The molecule has 186 valence electrons. The number of amides is 1. The summed E-state index contributed by atoms with van der Waals surface area (Å²) in [5, 5.41) is 10.3. The predicted octanol–water partition coefficient (Wildman–Crippen LogP) is 4.76. The Morgan fingerprint density at radius 1 is 1.31 bits per heavy atom. The van der Waals surface area contributed by atoms with Crippen molar-refractivity contribution in [2.75, 3.05) is 13.2 Å². The lowest BCUT2D eigenvalue weighted by Crippen LogP contribution is -2.38. The quantitative estimate of drug-likeness (QED) is 0.569. The van der Waals surface area contributed by atoms with Crippen LogP contribution in [0.4, 0.5) is 13.2 Å². The number of fused-ring (bicyclic) bond motifs is 1. The Labute approximate surface area is 205 Å². The van der Waals surface area contributed by atoms with Crippen LogP contribution in [0.25, 0.3) is 5.70 Å². The molecule has 0 bridgehead atoms. The molecule has 1 saturated heterocycles. The number of aryl methyl sites for hydroxylation is 1. The van der Waals surface area contributed by atoms with E-state index in [-0.39, 0.29) is 24.9 Å². The van der Waals surface area contributed by atoms with Crippen LogP contribution in [0.15, 0.2) is 24.3 Å². The minimum absolute atomic E-state index is 0.106. The zero-order valence-electron chi connectivity index (χ0n) is 19.1. The first-order valence-corrected chi connectivity index (χ1v) is 11.7. The van der Waals surface area contributed by atoms with Crippen molar-refractivity contribution in [3.05, 3.63) is 63.2 Å². The van der Waals surface area contributed by atoms with Crippen molar-refractivity contribution in [1.29, 1.82) is 5.41 Å². The summed E-state index contributed by atoms with van der Waals surface area (Å²) < 4.78 is 45.6. The fourth-order valence-electron chi connectivity index (χ4n) is 4.34. The lowest BCUT2D eigenvalue weighted by molar-refractivity contribution is -0.137. The second kappa shape index (κ2) is 10.3. The van der Waals surface area contributed by atoms with Gasteiger partial charge in [0.25, 0.3) is 5.91 Å². The normalized spacial score (nSPS) is 18.7. The van der Waals surface area contributed by atoms with E-state index in [0.717, 1.165) is 30.9 Å². The first-order valence-electron chi connectivity index (χ1n) is 11.3. The van der Waals surface area contributed by atoms with Crippen molar-refractivity contribution >= 4 is 29.4 Å². The van der Waals surface area contributed by atoms with Gasteiger partial charge in [0, 0.05) is 24.9 Å². The molecule has 2 aliphatic heterocycles. The number of nitrogens with one attached hydrogen (secondary N) is 2. The summed E-state index contributed by atoms with van der Waals surface area (Å²) in [7, 11) is 0. The molecule has 2 aromatic rings. The number of nitrogens with zero attached hydrogens (tertiary/aromatic N) is 3. The number of hydrogen-bond donors (Lipinski definition) is 2. The summed E-state index contributed by atoms with van der Waals surface area (Å²) in [6, 6.07) is 3.33. The van der Waals surface area contributed by atoms with Gasteiger partial charge >= 0.3 is 6.18 Å². The van der Waals surface area contributed by atoms with Crippen LogP contribution >= 0.6 is 11.6 Å². The van der Waals surface area contributed by atoms with Crippen LogP contribution in [0.3, 0.4) is 0 Å². The Balaban J connectivity index is 1.62. The monoisotopic (exact) mass is 507 g/mol. The van der Waals surface area contributed by atoms with Gasteiger partial charge in [0.15, 0.2) is 0 Å². The molecule has 3 heterocycles. The van der Waals surface area contributed by atoms with Gasteiger partial charge in [-0.3, -0.25) is 4.79 Å². The van der Waals surface area contributed by atoms with Crippen LogP contribution in [-0.4, -0.2) is 46.4 Å². The molecule has 0 saturated carbocycles. The van der Waals surface area contributed by atoms with Gasteiger partial charge in [-0.25, -0.2) is 9.97 Å². The number of carbonyl (C=O) groups is 1. The molecule has 35 heavy (non-hydrogen) atoms. The molecule has 1 aromatic carbocycles. The van der Waals surface area contributed by atoms with Crippen LogP contribution in [-0.2, 0) is 23.9 Å². The average molecular weight is 508 g/mol. The van der Waals surface area contributed by atoms with Crippen molar-refractivity contribution in [2.45, 2.75) is 51.6 Å². The summed E-state index contributed by atoms with van der Waals surface area (Å²) in [5.74, 6) is -0.110. The SMILES string of the molecule is Cc1nc2c(c(/C(=C/C=N)NC3CCCCO3)n1)CCN(C(=O)c1cccc(C(F)(F)F)c1Cl)C2. The van der Waals surface area contributed by atoms with Crippen LogP contribution < -0.4 is 5.32 Å². The van der Waals surface area contributed by atoms with E-state index in [1.165, 1.54) is 23.2 Å². The van der Waals surface area contributed by atoms with Crippen molar-refractivity contribution in [2.24, 2.45) is 0 Å². The number of benzene rings is 1. The summed E-state index contributed by atoms with van der Waals surface area (Å²) in [6.07, 6.45) is 1.20. The molecule has 1 amide bonds. The Hall–Kier alpha value is -2.98. The molecule has 2 aliphatic rings. The fraction of sp³-hybridized carbons (Fsp3) is 0.417. The Bertz CT molecular complexity index is 1160. The number of carbonyl (C=O) groups excluding carboxylic acids is 1. The van der Waals surface area contributed by atoms with Crippen molar-refractivity contribution in [1.82, 2.24) is 20.2 Å². The molecule has 11 heteroatoms. The molecule has 4 rings (SSSR count). The third kappa shape index (κ3) is 5.48. The third-order valence-electron chi connectivity index (χ3n) is 6.00. The highest BCUT2D eigenvalue weighted by molar-refractivity contribution is 6.34. The standard InChI is InChI=1S/C24H25ClF3N5O2/c1-14-30-19-13-33(23(34)16-5-4-6-17(21(16)25)24(26,27)28)11-9-15(19)22(31-14)18(8-10-29)32-20-7-2-3-12-35-20/h4-6,8,10,20,29,32H,2-3,7,9,11-13H2,1H3/b18-8-,29-10?. The first kappa shape index (κ1) is 25.1. The summed E-state index contributed by atoms with van der Waals surface area (Å²) >= 11 is 5.99. The zero-order valence-corrected chi connectivity index (χ0v) is 19.8. The number of ether oxygens (including phenoxy) is 1. The van der Waals surface area contributed by atoms with E-state index in [1.807, 2.05) is 0 Å². The van der Waals surface area contributed by atoms with E-state index in [0.29, 0.717) is 35.9 Å². The lowest BCUT2D eigenvalue weighted by atomic mass is 9.99. The Morgan fingerprint density at radius 2 is 2.11 bits per heavy atom. The smallest absolute Gasteiger partial charge is 0.359 e. The minimum atomic E-state index is -4.66. The van der Waals surface area contributed by atoms with Crippen molar-refractivity contribution in [3.63, 3.8) is 0 Å². The second-order valence-corrected chi connectivity index (χ2v) is 8.81. The molecule has 1 fully saturated rings. The van der Waals surface area contributed by atoms with Gasteiger partial charge in [-0.15, -0.1) is 0 Å². The molecule has 1 unspecified atom stereocenters. The molecular formula is C24H25ClF3N5O2. The van der Waals surface area contributed by atoms with Crippen LogP contribution in [0, 0.1) is 12.3 Å². The minimum Gasteiger partial charge on any atom is -0.359 e. The van der Waals surface area contributed by atoms with E-state index in [4.69, 9.17) is 21.7 Å². The maximum absolute atomic E-state index is 13.3. The van der Waals surface area contributed by atoms with E-state index in [9.17, 15) is 18.0 Å². The van der Waals surface area contributed by atoms with Crippen LogP contribution in [0.1, 0.15) is 58.0 Å². The molecule has 2 N–H and O–H groups in total. The Morgan fingerprint density at radius 3 is 2.80 bits per heavy atom. The third-order valence-corrected chi connectivity index (χ3v) is 6.41. The highest BCUT2D eigenvalue weighted by Gasteiger charge is 2.36. The molecule has 0 radical (unpaired) electrons. The largest absolute Gasteiger partial charge is 0.417 e. The molecule has 0 aliphatic carbocycles. The van der Waals surface area contributed by atoms with Gasteiger partial charge in [0.2, 0.25) is 0 Å². The van der Waals surface area contributed by atoms with Crippen LogP contribution in [0.2, 0.25) is 5.02 Å². The van der Waals surface area contributed by atoms with E-state index >= 15 is 0 Å². The maximum atomic E-state index is 13.3. The number of alkyl halides is 3. The maximum Gasteiger partial charge on any atom is 0.417 e. The van der Waals surface area contributed by atoms with Gasteiger partial charge in [0.1, 0.15) is 12.1 Å². The number of aromatic nitrogens is 2. The number of halogens is 4. The first-order chi connectivity index (χ1) is 16.7. The van der Waals surface area contributed by atoms with Gasteiger partial charge in [-0.05, 0) is 50.8 Å². The number of allylic oxidation sites excluding steroid dienone is 1. The van der Waals surface area contributed by atoms with E-state index in [2.05, 4.69) is 15.3 Å². The van der Waals surface area contributed by atoms with E-state index < -0.39 is 22.7 Å². The molecule has 7 nitrogen and oxygen atoms in total. The Kier molecular flexibility index (Phi) is 7.42. The summed E-state index contributed by atoms with van der Waals surface area (Å²) in [6.45, 7) is 2.75. The molecule has 1 atom stereocenters. The highest BCUT2D eigenvalue weighted by atomic mass is 35.5. The van der Waals surface area contributed by atoms with E-state index in [1.54, 1.807) is 13.0 Å². The molecular weight excluding hydrogens is 483 g/mol. The predicted molar refractivity (Wildman–Crippen MR) is 125 cm³/mol. The summed E-state index contributed by atoms with van der Waals surface area (Å²) in [5.41, 5.74) is 1.46. The van der Waals surface area contributed by atoms with Gasteiger partial charge in [-0.2, -0.15) is 13.2 Å². The topological polar surface area (TPSA) is 91.2 Å². The fourth-order valence-corrected chi connectivity index (χ4v) is 4.66. The number of rotatable bonds is 5. The highest BCUT2D eigenvalue weighted by Crippen LogP contribution is 2.37. The second-order valence-electron chi connectivity index (χ2n) is 8.43. The summed E-state index contributed by atoms with van der Waals surface area (Å²) in [4.78, 5) is 23.7. The van der Waals surface area contributed by atoms with Crippen molar-refractivity contribution in [3.8, 4) is 0 Å². The van der Waals surface area contributed by atoms with Gasteiger partial charge < -0.3 is 20.4 Å². The van der Waals surface area contributed by atoms with Gasteiger partial charge in [-0.1, -0.05) is 17.7 Å². The van der Waals surface area contributed by atoms with Gasteiger partial charge in [0.05, 0.1) is 39.8 Å². The lowest BCUT2D eigenvalue weighted by Gasteiger charge is -2.31. The average Bonchev–Trinajstić information content (AvgIpc) is 2.82. The molecule has 0 spiro atoms.